The van der Waals surface area contributed by atoms with Crippen LogP contribution in [0.25, 0.3) is 0 Å². The Kier molecular flexibility index (Phi) is 11.2. The van der Waals surface area contributed by atoms with Crippen LogP contribution in [-0.2, 0) is 19.2 Å². The van der Waals surface area contributed by atoms with E-state index in [2.05, 4.69) is 10.6 Å². The highest BCUT2D eigenvalue weighted by atomic mass is 16.4. The molecule has 0 aromatic carbocycles. The van der Waals surface area contributed by atoms with E-state index in [9.17, 15) is 24.3 Å². The summed E-state index contributed by atoms with van der Waals surface area (Å²) in [6.07, 6.45) is 1.25. The van der Waals surface area contributed by atoms with E-state index >= 15 is 0 Å². The zero-order chi connectivity index (χ0) is 20.3. The summed E-state index contributed by atoms with van der Waals surface area (Å²) in [5.74, 6) is -3.25. The average molecular weight is 373 g/mol. The molecule has 0 spiro atoms. The fraction of sp³-hybridized carbons (Fsp3) is 0.750. The molecule has 26 heavy (non-hydrogen) atoms. The Labute approximate surface area is 153 Å². The number of carboxylic acids is 1. The predicted molar refractivity (Wildman–Crippen MR) is 95.6 cm³/mol. The number of rotatable bonds is 13. The lowest BCUT2D eigenvalue weighted by atomic mass is 10.0. The molecule has 0 fully saturated rings. The van der Waals surface area contributed by atoms with Crippen LogP contribution in [0.4, 0.5) is 0 Å². The van der Waals surface area contributed by atoms with Crippen LogP contribution in [-0.4, -0.2) is 53.5 Å². The first-order valence-electron chi connectivity index (χ1n) is 8.65. The Balaban J connectivity index is 4.97. The van der Waals surface area contributed by atoms with Gasteiger partial charge in [0.1, 0.15) is 12.1 Å². The number of unbranched alkanes of at least 4 members (excludes halogenated alkanes) is 1. The fourth-order valence-electron chi connectivity index (χ4n) is 2.33. The second-order valence-electron chi connectivity index (χ2n) is 6.65. The van der Waals surface area contributed by atoms with Crippen molar-refractivity contribution in [1.29, 1.82) is 0 Å². The molecule has 0 saturated heterocycles. The summed E-state index contributed by atoms with van der Waals surface area (Å²) in [4.78, 5) is 46.9. The SMILES string of the molecule is CC(C)CC(N)C(=O)NC(CC(N)=O)C(=O)NC(CCCCN)C(=O)O. The maximum absolute atomic E-state index is 12.3. The van der Waals surface area contributed by atoms with Gasteiger partial charge in [0.2, 0.25) is 17.7 Å². The zero-order valence-corrected chi connectivity index (χ0v) is 15.4. The van der Waals surface area contributed by atoms with Crippen LogP contribution >= 0.6 is 0 Å². The third kappa shape index (κ3) is 9.94. The predicted octanol–water partition coefficient (Wildman–Crippen LogP) is -1.58. The third-order valence-corrected chi connectivity index (χ3v) is 3.66. The number of carbonyl (C=O) groups is 4. The Hall–Kier alpha value is -2.20. The molecule has 10 heteroatoms. The van der Waals surface area contributed by atoms with Crippen molar-refractivity contribution in [2.24, 2.45) is 23.1 Å². The Morgan fingerprint density at radius 3 is 2.04 bits per heavy atom. The molecule has 0 aromatic rings. The highest BCUT2D eigenvalue weighted by Crippen LogP contribution is 2.05. The van der Waals surface area contributed by atoms with Crippen LogP contribution in [0, 0.1) is 5.92 Å². The molecule has 0 radical (unpaired) electrons. The van der Waals surface area contributed by atoms with Crippen molar-refractivity contribution < 1.29 is 24.3 Å². The van der Waals surface area contributed by atoms with Gasteiger partial charge in [0, 0.05) is 0 Å². The molecular formula is C16H31N5O5. The van der Waals surface area contributed by atoms with Gasteiger partial charge in [-0.2, -0.15) is 0 Å². The minimum atomic E-state index is -1.28. The molecule has 0 heterocycles. The number of carboxylic acid groups (broad SMARTS) is 1. The molecule has 9 N–H and O–H groups in total. The Bertz CT molecular complexity index is 497. The first kappa shape index (κ1) is 23.8. The lowest BCUT2D eigenvalue weighted by Crippen LogP contribution is -2.55. The number of nitrogens with one attached hydrogen (secondary N) is 2. The Morgan fingerprint density at radius 2 is 1.58 bits per heavy atom. The number of primary amides is 1. The standard InChI is InChI=1S/C16H31N5O5/c1-9(2)7-10(18)14(23)21-12(8-13(19)22)15(24)20-11(16(25)26)5-3-4-6-17/h9-12H,3-8,17-18H2,1-2H3,(H2,19,22)(H,20,24)(H,21,23)(H,25,26). The smallest absolute Gasteiger partial charge is 0.326 e. The monoisotopic (exact) mass is 373 g/mol. The summed E-state index contributed by atoms with van der Waals surface area (Å²) >= 11 is 0. The van der Waals surface area contributed by atoms with Gasteiger partial charge in [-0.1, -0.05) is 13.8 Å². The largest absolute Gasteiger partial charge is 0.480 e. The van der Waals surface area contributed by atoms with Crippen LogP contribution in [0.2, 0.25) is 0 Å². The van der Waals surface area contributed by atoms with Crippen LogP contribution < -0.4 is 27.8 Å². The molecule has 0 aliphatic carbocycles. The van der Waals surface area contributed by atoms with Gasteiger partial charge in [0.15, 0.2) is 0 Å². The lowest BCUT2D eigenvalue weighted by Gasteiger charge is -2.22. The van der Waals surface area contributed by atoms with Crippen molar-refractivity contribution in [1.82, 2.24) is 10.6 Å². The van der Waals surface area contributed by atoms with Gasteiger partial charge in [-0.05, 0) is 38.1 Å². The molecule has 150 valence electrons. The van der Waals surface area contributed by atoms with Crippen molar-refractivity contribution in [3.8, 4) is 0 Å². The van der Waals surface area contributed by atoms with Crippen molar-refractivity contribution in [3.63, 3.8) is 0 Å². The van der Waals surface area contributed by atoms with Crippen LogP contribution in [0.15, 0.2) is 0 Å². The second-order valence-corrected chi connectivity index (χ2v) is 6.65. The number of carbonyl (C=O) groups excluding carboxylic acids is 3. The Morgan fingerprint density at radius 1 is 1.00 bits per heavy atom. The number of aliphatic carboxylic acids is 1. The highest BCUT2D eigenvalue weighted by Gasteiger charge is 2.29. The second kappa shape index (κ2) is 12.2. The van der Waals surface area contributed by atoms with E-state index in [0.717, 1.165) is 0 Å². The van der Waals surface area contributed by atoms with Crippen LogP contribution in [0.3, 0.4) is 0 Å². The van der Waals surface area contributed by atoms with Crippen molar-refractivity contribution >= 4 is 23.7 Å². The van der Waals surface area contributed by atoms with E-state index in [0.29, 0.717) is 25.8 Å². The number of nitrogens with two attached hydrogens (primary N) is 3. The minimum absolute atomic E-state index is 0.165. The molecule has 0 aromatic heterocycles. The molecule has 3 atom stereocenters. The molecule has 0 bridgehead atoms. The molecule has 3 amide bonds. The molecule has 0 aliphatic heterocycles. The van der Waals surface area contributed by atoms with Crippen molar-refractivity contribution in [2.45, 2.75) is 64.1 Å². The van der Waals surface area contributed by atoms with Crippen LogP contribution in [0.1, 0.15) is 46.0 Å². The highest BCUT2D eigenvalue weighted by molar-refractivity contribution is 5.94. The zero-order valence-electron chi connectivity index (χ0n) is 15.4. The average Bonchev–Trinajstić information content (AvgIpc) is 2.51. The molecule has 0 aliphatic rings. The summed E-state index contributed by atoms with van der Waals surface area (Å²) in [5, 5.41) is 13.9. The lowest BCUT2D eigenvalue weighted by molar-refractivity contribution is -0.142. The maximum Gasteiger partial charge on any atom is 0.326 e. The fourth-order valence-corrected chi connectivity index (χ4v) is 2.33. The van der Waals surface area contributed by atoms with Crippen molar-refractivity contribution in [2.75, 3.05) is 6.54 Å². The van der Waals surface area contributed by atoms with Gasteiger partial charge < -0.3 is 32.9 Å². The van der Waals surface area contributed by atoms with Crippen molar-refractivity contribution in [3.05, 3.63) is 0 Å². The summed E-state index contributed by atoms with van der Waals surface area (Å²) in [6, 6.07) is -3.28. The maximum atomic E-state index is 12.3. The van der Waals surface area contributed by atoms with Gasteiger partial charge in [0.25, 0.3) is 0 Å². The molecule has 10 nitrogen and oxygen atoms in total. The van der Waals surface area contributed by atoms with E-state index in [1.807, 2.05) is 13.8 Å². The van der Waals surface area contributed by atoms with E-state index in [-0.39, 0.29) is 12.3 Å². The topological polar surface area (TPSA) is 191 Å². The van der Waals surface area contributed by atoms with Gasteiger partial charge in [-0.25, -0.2) is 4.79 Å². The molecule has 3 unspecified atom stereocenters. The van der Waals surface area contributed by atoms with E-state index in [1.54, 1.807) is 0 Å². The summed E-state index contributed by atoms with van der Waals surface area (Å²) in [7, 11) is 0. The first-order chi connectivity index (χ1) is 12.1. The summed E-state index contributed by atoms with van der Waals surface area (Å²) in [5.41, 5.74) is 16.3. The minimum Gasteiger partial charge on any atom is -0.480 e. The number of hydrogen-bond donors (Lipinski definition) is 6. The van der Waals surface area contributed by atoms with E-state index in [1.165, 1.54) is 0 Å². The van der Waals surface area contributed by atoms with Gasteiger partial charge in [-0.3, -0.25) is 14.4 Å². The number of amides is 3. The first-order valence-corrected chi connectivity index (χ1v) is 8.65. The van der Waals surface area contributed by atoms with Gasteiger partial charge >= 0.3 is 5.97 Å². The summed E-state index contributed by atoms with van der Waals surface area (Å²) < 4.78 is 0. The van der Waals surface area contributed by atoms with Gasteiger partial charge in [0.05, 0.1) is 12.5 Å². The van der Waals surface area contributed by atoms with Gasteiger partial charge in [-0.15, -0.1) is 0 Å². The molecule has 0 saturated carbocycles. The third-order valence-electron chi connectivity index (χ3n) is 3.66. The molecule has 0 rings (SSSR count). The quantitative estimate of drug-likeness (QED) is 0.210. The van der Waals surface area contributed by atoms with E-state index < -0.39 is 48.2 Å². The number of hydrogen-bond acceptors (Lipinski definition) is 6. The normalized spacial score (nSPS) is 14.3. The van der Waals surface area contributed by atoms with E-state index in [4.69, 9.17) is 17.2 Å². The van der Waals surface area contributed by atoms with Crippen LogP contribution in [0.5, 0.6) is 0 Å². The molecular weight excluding hydrogens is 342 g/mol. The summed E-state index contributed by atoms with van der Waals surface area (Å²) in [6.45, 7) is 4.19.